The second-order valence-electron chi connectivity index (χ2n) is 4.45. The zero-order chi connectivity index (χ0) is 13.1. The molecule has 0 unspecified atom stereocenters. The lowest BCUT2D eigenvalue weighted by atomic mass is 10.2. The first-order valence-electron chi connectivity index (χ1n) is 6.18. The first kappa shape index (κ1) is 11.7. The monoisotopic (exact) mass is 257 g/mol. The molecule has 1 aliphatic heterocycles. The molecule has 6 nitrogen and oxygen atoms in total. The maximum absolute atomic E-state index is 5.20. The van der Waals surface area contributed by atoms with Gasteiger partial charge in [0.25, 0.3) is 0 Å². The van der Waals surface area contributed by atoms with E-state index in [1.54, 1.807) is 11.0 Å². The Labute approximate surface area is 111 Å². The molecule has 1 aromatic heterocycles. The lowest BCUT2D eigenvalue weighted by Gasteiger charge is -2.18. The molecule has 3 rings (SSSR count). The third-order valence-corrected chi connectivity index (χ3v) is 3.25. The topological polar surface area (TPSA) is 55.5 Å². The van der Waals surface area contributed by atoms with Gasteiger partial charge in [0.1, 0.15) is 18.8 Å². The summed E-state index contributed by atoms with van der Waals surface area (Å²) in [6.45, 7) is 5.15. The minimum Gasteiger partial charge on any atom is -0.391 e. The minimum atomic E-state index is 0.132. The van der Waals surface area contributed by atoms with Gasteiger partial charge >= 0.3 is 0 Å². The lowest BCUT2D eigenvalue weighted by molar-refractivity contribution is 0.0770. The summed E-state index contributed by atoms with van der Waals surface area (Å²) < 4.78 is 1.75. The van der Waals surface area contributed by atoms with Crippen LogP contribution in [0, 0.1) is 0 Å². The van der Waals surface area contributed by atoms with Crippen LogP contribution in [0.4, 0.5) is 5.69 Å². The van der Waals surface area contributed by atoms with Crippen LogP contribution in [0.2, 0.25) is 0 Å². The zero-order valence-corrected chi connectivity index (χ0v) is 10.5. The fourth-order valence-corrected chi connectivity index (χ4v) is 2.33. The second kappa shape index (κ2) is 5.09. The number of hydrogen-bond donors (Lipinski definition) is 0. The molecule has 0 radical (unpaired) electrons. The maximum atomic E-state index is 5.20. The van der Waals surface area contributed by atoms with Crippen molar-refractivity contribution in [2.75, 3.05) is 18.0 Å². The van der Waals surface area contributed by atoms with Crippen molar-refractivity contribution < 1.29 is 4.84 Å². The van der Waals surface area contributed by atoms with Crippen molar-refractivity contribution in [1.82, 2.24) is 14.8 Å². The van der Waals surface area contributed by atoms with Crippen LogP contribution in [-0.2, 0) is 4.84 Å². The summed E-state index contributed by atoms with van der Waals surface area (Å²) in [6.07, 6.45) is 4.32. The maximum Gasteiger partial charge on any atom is 0.146 e. The van der Waals surface area contributed by atoms with Crippen LogP contribution in [0.1, 0.15) is 6.42 Å². The number of benzene rings is 1. The molecule has 1 fully saturated rings. The molecule has 98 valence electrons. The smallest absolute Gasteiger partial charge is 0.146 e. The molecule has 1 aromatic carbocycles. The molecule has 1 atom stereocenters. The van der Waals surface area contributed by atoms with E-state index >= 15 is 0 Å². The highest BCUT2D eigenvalue weighted by Crippen LogP contribution is 2.23. The number of oxime groups is 1. The van der Waals surface area contributed by atoms with Gasteiger partial charge in [0.15, 0.2) is 0 Å². The highest BCUT2D eigenvalue weighted by atomic mass is 16.6. The largest absolute Gasteiger partial charge is 0.391 e. The minimum absolute atomic E-state index is 0.132. The standard InChI is InChI=1S/C13H15N5O/c1-14-19-13-5-6-17(8-13)11-3-2-4-12(7-11)18-10-15-9-16-18/h2-4,7,9-10,13H,1,5-6,8H2/t13-/m1/s1. The van der Waals surface area contributed by atoms with E-state index in [2.05, 4.69) is 39.0 Å². The quantitative estimate of drug-likeness (QED) is 0.615. The van der Waals surface area contributed by atoms with Gasteiger partial charge in [-0.3, -0.25) is 0 Å². The molecule has 1 aliphatic rings. The summed E-state index contributed by atoms with van der Waals surface area (Å²) >= 11 is 0. The number of hydrogen-bond acceptors (Lipinski definition) is 5. The van der Waals surface area contributed by atoms with Gasteiger partial charge in [-0.25, -0.2) is 9.67 Å². The normalized spacial score (nSPS) is 18.5. The van der Waals surface area contributed by atoms with Crippen molar-refractivity contribution in [2.45, 2.75) is 12.5 Å². The fraction of sp³-hybridized carbons (Fsp3) is 0.308. The average Bonchev–Trinajstić information content (AvgIpc) is 3.11. The predicted octanol–water partition coefficient (Wildman–Crippen LogP) is 1.48. The van der Waals surface area contributed by atoms with E-state index in [4.69, 9.17) is 4.84 Å². The highest BCUT2D eigenvalue weighted by Gasteiger charge is 2.24. The van der Waals surface area contributed by atoms with Crippen molar-refractivity contribution in [3.63, 3.8) is 0 Å². The Balaban J connectivity index is 1.79. The van der Waals surface area contributed by atoms with Gasteiger partial charge in [-0.05, 0) is 18.2 Å². The van der Waals surface area contributed by atoms with Crippen LogP contribution in [0.5, 0.6) is 0 Å². The molecule has 0 N–H and O–H groups in total. The van der Waals surface area contributed by atoms with Crippen LogP contribution in [0.3, 0.4) is 0 Å². The number of aromatic nitrogens is 3. The van der Waals surface area contributed by atoms with Crippen LogP contribution in [0.15, 0.2) is 42.1 Å². The van der Waals surface area contributed by atoms with E-state index in [1.165, 1.54) is 6.33 Å². The van der Waals surface area contributed by atoms with E-state index in [1.807, 2.05) is 12.1 Å². The van der Waals surface area contributed by atoms with E-state index in [0.717, 1.165) is 30.9 Å². The van der Waals surface area contributed by atoms with Gasteiger partial charge in [0, 0.05) is 25.4 Å². The summed E-state index contributed by atoms with van der Waals surface area (Å²) in [6, 6.07) is 8.21. The third kappa shape index (κ3) is 2.42. The first-order valence-corrected chi connectivity index (χ1v) is 6.18. The van der Waals surface area contributed by atoms with Gasteiger partial charge in [0.05, 0.1) is 12.2 Å². The Morgan fingerprint density at radius 1 is 1.37 bits per heavy atom. The van der Waals surface area contributed by atoms with Gasteiger partial charge < -0.3 is 9.74 Å². The first-order chi connectivity index (χ1) is 9.36. The van der Waals surface area contributed by atoms with Crippen LogP contribution in [-0.4, -0.2) is 40.7 Å². The summed E-state index contributed by atoms with van der Waals surface area (Å²) in [5.41, 5.74) is 2.16. The van der Waals surface area contributed by atoms with Gasteiger partial charge in [-0.2, -0.15) is 5.10 Å². The van der Waals surface area contributed by atoms with Crippen LogP contribution in [0.25, 0.3) is 5.69 Å². The summed E-state index contributed by atoms with van der Waals surface area (Å²) in [4.78, 5) is 11.4. The molecule has 0 saturated carbocycles. The molecule has 2 heterocycles. The van der Waals surface area contributed by atoms with Crippen molar-refractivity contribution >= 4 is 12.4 Å². The zero-order valence-electron chi connectivity index (χ0n) is 10.5. The molecule has 0 aliphatic carbocycles. The highest BCUT2D eigenvalue weighted by molar-refractivity contribution is 5.53. The Morgan fingerprint density at radius 2 is 2.26 bits per heavy atom. The van der Waals surface area contributed by atoms with Gasteiger partial charge in [-0.15, -0.1) is 5.16 Å². The molecule has 0 amide bonds. The SMILES string of the molecule is C=NO[C@@H]1CCN(c2cccc(-n3cncn3)c2)C1. The van der Waals surface area contributed by atoms with Gasteiger partial charge in [-0.1, -0.05) is 6.07 Å². The molecular formula is C13H15N5O. The van der Waals surface area contributed by atoms with Crippen molar-refractivity contribution in [3.05, 3.63) is 36.9 Å². The summed E-state index contributed by atoms with van der Waals surface area (Å²) in [5.74, 6) is 0. The summed E-state index contributed by atoms with van der Waals surface area (Å²) in [5, 5.41) is 7.64. The molecule has 0 bridgehead atoms. The van der Waals surface area contributed by atoms with Crippen LogP contribution < -0.4 is 4.90 Å². The molecule has 19 heavy (non-hydrogen) atoms. The van der Waals surface area contributed by atoms with Crippen molar-refractivity contribution in [2.24, 2.45) is 5.16 Å². The number of nitrogens with zero attached hydrogens (tertiary/aromatic N) is 5. The van der Waals surface area contributed by atoms with E-state index in [9.17, 15) is 0 Å². The predicted molar refractivity (Wildman–Crippen MR) is 72.6 cm³/mol. The van der Waals surface area contributed by atoms with Crippen LogP contribution >= 0.6 is 0 Å². The van der Waals surface area contributed by atoms with E-state index in [0.29, 0.717) is 0 Å². The van der Waals surface area contributed by atoms with Gasteiger partial charge in [0.2, 0.25) is 0 Å². The fourth-order valence-electron chi connectivity index (χ4n) is 2.33. The number of rotatable bonds is 4. The molecule has 6 heteroatoms. The lowest BCUT2D eigenvalue weighted by Crippen LogP contribution is -2.22. The average molecular weight is 257 g/mol. The van der Waals surface area contributed by atoms with Crippen molar-refractivity contribution in [3.8, 4) is 5.69 Å². The molecule has 1 saturated heterocycles. The van der Waals surface area contributed by atoms with E-state index in [-0.39, 0.29) is 6.10 Å². The molecule has 0 spiro atoms. The second-order valence-corrected chi connectivity index (χ2v) is 4.45. The summed E-state index contributed by atoms with van der Waals surface area (Å²) in [7, 11) is 0. The molecule has 2 aromatic rings. The molecular weight excluding hydrogens is 242 g/mol. The Hall–Kier alpha value is -2.37. The Bertz CT molecular complexity index is 554. The Kier molecular flexibility index (Phi) is 3.14. The number of anilines is 1. The van der Waals surface area contributed by atoms with Crippen molar-refractivity contribution in [1.29, 1.82) is 0 Å². The third-order valence-electron chi connectivity index (χ3n) is 3.25. The van der Waals surface area contributed by atoms with E-state index < -0.39 is 0 Å². The Morgan fingerprint density at radius 3 is 3.05 bits per heavy atom.